The lowest BCUT2D eigenvalue weighted by molar-refractivity contribution is -0.144. The number of esters is 1. The van der Waals surface area contributed by atoms with Crippen molar-refractivity contribution in [1.29, 1.82) is 0 Å². The first-order valence-corrected chi connectivity index (χ1v) is 7.95. The van der Waals surface area contributed by atoms with Crippen LogP contribution < -0.4 is 10.1 Å². The average Bonchev–Trinajstić information content (AvgIpc) is 2.59. The third kappa shape index (κ3) is 6.14. The monoisotopic (exact) mass is 317 g/mol. The van der Waals surface area contributed by atoms with Crippen LogP contribution in [0.3, 0.4) is 0 Å². The Kier molecular flexibility index (Phi) is 6.66. The number of hydrogen-bond donors (Lipinski definition) is 1. The first-order valence-electron chi connectivity index (χ1n) is 7.95. The molecule has 23 heavy (non-hydrogen) atoms. The molecular formula is C18H23NO4. The van der Waals surface area contributed by atoms with E-state index in [2.05, 4.69) is 5.32 Å². The molecular weight excluding hydrogens is 294 g/mol. The van der Waals surface area contributed by atoms with Crippen LogP contribution in [0.1, 0.15) is 37.7 Å². The SMILES string of the molecule is COc1ccc(/C=C\C(=O)OCC(=O)NC2CCCCC2)cc1. The van der Waals surface area contributed by atoms with Crippen molar-refractivity contribution in [2.45, 2.75) is 38.1 Å². The van der Waals surface area contributed by atoms with Crippen LogP contribution in [-0.4, -0.2) is 31.6 Å². The highest BCUT2D eigenvalue weighted by Gasteiger charge is 2.16. The van der Waals surface area contributed by atoms with Gasteiger partial charge in [-0.2, -0.15) is 0 Å². The molecule has 0 atom stereocenters. The van der Waals surface area contributed by atoms with Gasteiger partial charge in [0.05, 0.1) is 7.11 Å². The molecule has 0 heterocycles. The minimum atomic E-state index is -0.528. The first-order chi connectivity index (χ1) is 11.2. The topological polar surface area (TPSA) is 64.6 Å². The van der Waals surface area contributed by atoms with Crippen LogP contribution in [0.15, 0.2) is 30.3 Å². The van der Waals surface area contributed by atoms with E-state index in [9.17, 15) is 9.59 Å². The lowest BCUT2D eigenvalue weighted by Gasteiger charge is -2.22. The third-order valence-electron chi connectivity index (χ3n) is 3.84. The second-order valence-corrected chi connectivity index (χ2v) is 5.62. The fraction of sp³-hybridized carbons (Fsp3) is 0.444. The number of nitrogens with one attached hydrogen (secondary N) is 1. The summed E-state index contributed by atoms with van der Waals surface area (Å²) in [5.74, 6) is -0.00757. The number of amides is 1. The fourth-order valence-electron chi connectivity index (χ4n) is 2.58. The van der Waals surface area contributed by atoms with E-state index in [1.54, 1.807) is 13.2 Å². The third-order valence-corrected chi connectivity index (χ3v) is 3.84. The van der Waals surface area contributed by atoms with Gasteiger partial charge in [-0.1, -0.05) is 31.4 Å². The van der Waals surface area contributed by atoms with Crippen LogP contribution in [0, 0.1) is 0 Å². The maximum absolute atomic E-state index is 11.7. The van der Waals surface area contributed by atoms with Crippen LogP contribution in [0.25, 0.3) is 6.08 Å². The molecule has 0 aliphatic heterocycles. The molecule has 124 valence electrons. The minimum Gasteiger partial charge on any atom is -0.497 e. The first kappa shape index (κ1) is 17.1. The summed E-state index contributed by atoms with van der Waals surface area (Å²) in [7, 11) is 1.60. The van der Waals surface area contributed by atoms with E-state index in [-0.39, 0.29) is 18.6 Å². The number of methoxy groups -OCH3 is 1. The molecule has 1 saturated carbocycles. The van der Waals surface area contributed by atoms with E-state index in [0.29, 0.717) is 0 Å². The summed E-state index contributed by atoms with van der Waals surface area (Å²) >= 11 is 0. The van der Waals surface area contributed by atoms with Crippen LogP contribution in [0.5, 0.6) is 5.75 Å². The largest absolute Gasteiger partial charge is 0.497 e. The van der Waals surface area contributed by atoms with Gasteiger partial charge in [-0.05, 0) is 36.6 Å². The summed E-state index contributed by atoms with van der Waals surface area (Å²) in [5.41, 5.74) is 0.856. The van der Waals surface area contributed by atoms with Crippen molar-refractivity contribution in [2.75, 3.05) is 13.7 Å². The minimum absolute atomic E-state index is 0.227. The van der Waals surface area contributed by atoms with E-state index in [1.165, 1.54) is 12.5 Å². The summed E-state index contributed by atoms with van der Waals surface area (Å²) in [6, 6.07) is 7.51. The molecule has 1 aromatic rings. The summed E-state index contributed by atoms with van der Waals surface area (Å²) < 4.78 is 10.0. The van der Waals surface area contributed by atoms with Crippen LogP contribution in [0.2, 0.25) is 0 Å². The Bertz CT molecular complexity index is 545. The molecule has 0 radical (unpaired) electrons. The van der Waals surface area contributed by atoms with Gasteiger partial charge in [-0.3, -0.25) is 4.79 Å². The van der Waals surface area contributed by atoms with Gasteiger partial charge >= 0.3 is 5.97 Å². The number of carbonyl (C=O) groups is 2. The zero-order valence-corrected chi connectivity index (χ0v) is 13.4. The Morgan fingerprint density at radius 3 is 2.52 bits per heavy atom. The highest BCUT2D eigenvalue weighted by molar-refractivity contribution is 5.89. The number of benzene rings is 1. The van der Waals surface area contributed by atoms with Crippen molar-refractivity contribution >= 4 is 18.0 Å². The van der Waals surface area contributed by atoms with Gasteiger partial charge < -0.3 is 14.8 Å². The number of hydrogen-bond acceptors (Lipinski definition) is 4. The van der Waals surface area contributed by atoms with Gasteiger partial charge in [-0.25, -0.2) is 4.79 Å². The molecule has 5 heteroatoms. The predicted molar refractivity (Wildman–Crippen MR) is 88.0 cm³/mol. The molecule has 0 saturated heterocycles. The van der Waals surface area contributed by atoms with Crippen molar-refractivity contribution in [2.24, 2.45) is 0 Å². The molecule has 1 amide bonds. The van der Waals surface area contributed by atoms with Gasteiger partial charge in [0, 0.05) is 12.1 Å². The molecule has 1 aliphatic rings. The highest BCUT2D eigenvalue weighted by atomic mass is 16.5. The van der Waals surface area contributed by atoms with Crippen LogP contribution in [0.4, 0.5) is 0 Å². The Balaban J connectivity index is 1.71. The molecule has 1 aliphatic carbocycles. The smallest absolute Gasteiger partial charge is 0.331 e. The second kappa shape index (κ2) is 8.98. The van der Waals surface area contributed by atoms with E-state index >= 15 is 0 Å². The number of rotatable bonds is 6. The molecule has 1 N–H and O–H groups in total. The Hall–Kier alpha value is -2.30. The maximum Gasteiger partial charge on any atom is 0.331 e. The summed E-state index contributed by atoms with van der Waals surface area (Å²) in [6.45, 7) is -0.234. The summed E-state index contributed by atoms with van der Waals surface area (Å²) in [5, 5.41) is 2.91. The van der Waals surface area contributed by atoms with Crippen LogP contribution in [-0.2, 0) is 14.3 Å². The van der Waals surface area contributed by atoms with Gasteiger partial charge in [0.15, 0.2) is 6.61 Å². The lowest BCUT2D eigenvalue weighted by Crippen LogP contribution is -2.38. The normalized spacial score (nSPS) is 15.3. The second-order valence-electron chi connectivity index (χ2n) is 5.62. The number of carbonyl (C=O) groups excluding carboxylic acids is 2. The van der Waals surface area contributed by atoms with Gasteiger partial charge in [0.1, 0.15) is 5.75 Å². The quantitative estimate of drug-likeness (QED) is 0.647. The molecule has 0 spiro atoms. The van der Waals surface area contributed by atoms with Gasteiger partial charge in [-0.15, -0.1) is 0 Å². The van der Waals surface area contributed by atoms with Crippen molar-refractivity contribution in [1.82, 2.24) is 5.32 Å². The van der Waals surface area contributed by atoms with E-state index in [0.717, 1.165) is 37.0 Å². The van der Waals surface area contributed by atoms with E-state index in [4.69, 9.17) is 9.47 Å². The fourth-order valence-corrected chi connectivity index (χ4v) is 2.58. The van der Waals surface area contributed by atoms with Gasteiger partial charge in [0.2, 0.25) is 0 Å². The molecule has 1 aromatic carbocycles. The average molecular weight is 317 g/mol. The van der Waals surface area contributed by atoms with Crippen molar-refractivity contribution < 1.29 is 19.1 Å². The van der Waals surface area contributed by atoms with Crippen LogP contribution >= 0.6 is 0 Å². The van der Waals surface area contributed by atoms with Crippen molar-refractivity contribution in [3.63, 3.8) is 0 Å². The molecule has 5 nitrogen and oxygen atoms in total. The zero-order valence-electron chi connectivity index (χ0n) is 13.4. The Morgan fingerprint density at radius 2 is 1.87 bits per heavy atom. The standard InChI is InChI=1S/C18H23NO4/c1-22-16-10-7-14(8-11-16)9-12-18(21)23-13-17(20)19-15-5-3-2-4-6-15/h7-12,15H,2-6,13H2,1H3,(H,19,20)/b12-9-. The van der Waals surface area contributed by atoms with Crippen molar-refractivity contribution in [3.05, 3.63) is 35.9 Å². The molecule has 2 rings (SSSR count). The van der Waals surface area contributed by atoms with E-state index < -0.39 is 5.97 Å². The summed E-state index contributed by atoms with van der Waals surface area (Å²) in [4.78, 5) is 23.4. The van der Waals surface area contributed by atoms with Gasteiger partial charge in [0.25, 0.3) is 5.91 Å². The zero-order chi connectivity index (χ0) is 16.5. The highest BCUT2D eigenvalue weighted by Crippen LogP contribution is 2.17. The van der Waals surface area contributed by atoms with Crippen molar-refractivity contribution in [3.8, 4) is 5.75 Å². The molecule has 0 unspecified atom stereocenters. The lowest BCUT2D eigenvalue weighted by atomic mass is 9.95. The Morgan fingerprint density at radius 1 is 1.17 bits per heavy atom. The Labute approximate surface area is 136 Å². The predicted octanol–water partition coefficient (Wildman–Crippen LogP) is 2.70. The summed E-state index contributed by atoms with van der Waals surface area (Å²) in [6.07, 6.45) is 8.51. The molecule has 1 fully saturated rings. The molecule has 0 aromatic heterocycles. The molecule has 0 bridgehead atoms. The maximum atomic E-state index is 11.7. The number of ether oxygens (including phenoxy) is 2. The van der Waals surface area contributed by atoms with E-state index in [1.807, 2.05) is 24.3 Å².